The van der Waals surface area contributed by atoms with Gasteiger partial charge in [0, 0.05) is 25.1 Å². The Labute approximate surface area is 179 Å². The Kier molecular flexibility index (Phi) is 8.41. The topological polar surface area (TPSA) is 89.0 Å². The summed E-state index contributed by atoms with van der Waals surface area (Å²) in [7, 11) is 0. The second kappa shape index (κ2) is 10.4. The fourth-order valence-electron chi connectivity index (χ4n) is 3.53. The van der Waals surface area contributed by atoms with E-state index in [2.05, 4.69) is 18.8 Å². The molecule has 1 aromatic heterocycles. The summed E-state index contributed by atoms with van der Waals surface area (Å²) >= 11 is 0. The number of ether oxygens (including phenoxy) is 2. The first-order valence-corrected chi connectivity index (χ1v) is 10.2. The van der Waals surface area contributed by atoms with E-state index >= 15 is 0 Å². The number of carboxylic acid groups (broad SMARTS) is 1. The average molecular weight is 446 g/mol. The number of pyridine rings is 1. The van der Waals surface area contributed by atoms with Crippen LogP contribution in [0.3, 0.4) is 0 Å². The van der Waals surface area contributed by atoms with E-state index in [4.69, 9.17) is 19.4 Å². The summed E-state index contributed by atoms with van der Waals surface area (Å²) in [5.74, 6) is -2.11. The van der Waals surface area contributed by atoms with Crippen molar-refractivity contribution in [2.24, 2.45) is 5.92 Å². The van der Waals surface area contributed by atoms with Crippen molar-refractivity contribution in [3.8, 4) is 0 Å². The van der Waals surface area contributed by atoms with E-state index in [1.54, 1.807) is 0 Å². The predicted molar refractivity (Wildman–Crippen MR) is 105 cm³/mol. The molecule has 2 aliphatic rings. The maximum absolute atomic E-state index is 12.1. The lowest BCUT2D eigenvalue weighted by Gasteiger charge is -2.53. The van der Waals surface area contributed by atoms with E-state index in [0.29, 0.717) is 38.6 Å². The van der Waals surface area contributed by atoms with Gasteiger partial charge in [-0.2, -0.15) is 13.2 Å². The van der Waals surface area contributed by atoms with Gasteiger partial charge in [0.1, 0.15) is 5.60 Å². The van der Waals surface area contributed by atoms with Crippen LogP contribution in [0, 0.1) is 12.8 Å². The van der Waals surface area contributed by atoms with Crippen LogP contribution in [0.25, 0.3) is 0 Å². The Hall–Kier alpha value is -2.20. The van der Waals surface area contributed by atoms with Crippen LogP contribution in [0.2, 0.25) is 0 Å². The summed E-state index contributed by atoms with van der Waals surface area (Å²) in [4.78, 5) is 27.4. The number of aliphatic carboxylic acids is 1. The maximum Gasteiger partial charge on any atom is 0.490 e. The van der Waals surface area contributed by atoms with E-state index in [1.807, 2.05) is 30.0 Å². The number of aromatic nitrogens is 1. The molecule has 1 N–H and O–H groups in total. The van der Waals surface area contributed by atoms with Crippen LogP contribution in [-0.4, -0.2) is 64.4 Å². The molecule has 0 radical (unpaired) electrons. The van der Waals surface area contributed by atoms with E-state index in [9.17, 15) is 18.0 Å². The number of hydrogen-bond acceptors (Lipinski definition) is 5. The van der Waals surface area contributed by atoms with Gasteiger partial charge in [-0.25, -0.2) is 4.79 Å². The van der Waals surface area contributed by atoms with Gasteiger partial charge in [0.15, 0.2) is 0 Å². The number of hydrogen-bond donors (Lipinski definition) is 1. The summed E-state index contributed by atoms with van der Waals surface area (Å²) < 4.78 is 43.8. The number of carboxylic acids is 1. The molecule has 1 atom stereocenters. The second-order valence-corrected chi connectivity index (χ2v) is 8.38. The first-order chi connectivity index (χ1) is 14.4. The Balaban J connectivity index is 0.000000423. The van der Waals surface area contributed by atoms with Gasteiger partial charge < -0.3 is 19.5 Å². The molecule has 7 nitrogen and oxygen atoms in total. The molecular weight excluding hydrogens is 417 g/mol. The zero-order chi connectivity index (χ0) is 23.2. The van der Waals surface area contributed by atoms with Gasteiger partial charge in [-0.3, -0.25) is 9.78 Å². The number of carbonyl (C=O) groups excluding carboxylic acids is 1. The van der Waals surface area contributed by atoms with Crippen LogP contribution < -0.4 is 0 Å². The number of rotatable bonds is 5. The van der Waals surface area contributed by atoms with Gasteiger partial charge in [0.2, 0.25) is 5.91 Å². The van der Waals surface area contributed by atoms with E-state index < -0.39 is 12.1 Å². The van der Waals surface area contributed by atoms with Crippen molar-refractivity contribution in [3.05, 3.63) is 29.6 Å². The SMILES string of the molecule is Cc1cccc(COC2CCOC3(C2)CN(C(=O)CC(C)C)C3)n1.O=C(O)C(F)(F)F. The van der Waals surface area contributed by atoms with E-state index in [0.717, 1.165) is 24.2 Å². The van der Waals surface area contributed by atoms with Crippen molar-refractivity contribution in [2.45, 2.75) is 64.5 Å². The molecule has 1 spiro atoms. The predicted octanol–water partition coefficient (Wildman–Crippen LogP) is 3.35. The zero-order valence-electron chi connectivity index (χ0n) is 17.9. The molecule has 2 saturated heterocycles. The van der Waals surface area contributed by atoms with Crippen molar-refractivity contribution >= 4 is 11.9 Å². The largest absolute Gasteiger partial charge is 0.490 e. The molecule has 174 valence electrons. The van der Waals surface area contributed by atoms with Crippen LogP contribution in [0.15, 0.2) is 18.2 Å². The third-order valence-corrected chi connectivity index (χ3v) is 5.00. The quantitative estimate of drug-likeness (QED) is 0.746. The molecule has 0 saturated carbocycles. The summed E-state index contributed by atoms with van der Waals surface area (Å²) in [5.41, 5.74) is 1.80. The molecule has 0 aromatic carbocycles. The standard InChI is InChI=1S/C19H28N2O3.C2HF3O2/c1-14(2)9-18(22)21-12-19(13-21)10-17(7-8-24-19)23-11-16-6-4-5-15(3)20-16;3-2(4,5)1(6)7/h4-6,14,17H,7-13H2,1-3H3;(H,6,7). The summed E-state index contributed by atoms with van der Waals surface area (Å²) in [6, 6.07) is 6.00. The molecule has 3 rings (SSSR count). The molecule has 1 aromatic rings. The highest BCUT2D eigenvalue weighted by atomic mass is 19.4. The summed E-state index contributed by atoms with van der Waals surface area (Å²) in [5, 5.41) is 7.12. The van der Waals surface area contributed by atoms with Crippen LogP contribution in [-0.2, 0) is 25.7 Å². The maximum atomic E-state index is 12.1. The highest BCUT2D eigenvalue weighted by Gasteiger charge is 2.49. The minimum atomic E-state index is -5.08. The smallest absolute Gasteiger partial charge is 0.475 e. The van der Waals surface area contributed by atoms with Crippen LogP contribution >= 0.6 is 0 Å². The fourth-order valence-corrected chi connectivity index (χ4v) is 3.53. The van der Waals surface area contributed by atoms with Crippen molar-refractivity contribution < 1.29 is 37.3 Å². The van der Waals surface area contributed by atoms with Gasteiger partial charge in [0.25, 0.3) is 0 Å². The zero-order valence-corrected chi connectivity index (χ0v) is 17.9. The Bertz CT molecular complexity index is 764. The molecule has 2 fully saturated rings. The van der Waals surface area contributed by atoms with Crippen molar-refractivity contribution in [3.63, 3.8) is 0 Å². The number of halogens is 3. The number of nitrogens with zero attached hydrogens (tertiary/aromatic N) is 2. The highest BCUT2D eigenvalue weighted by Crippen LogP contribution is 2.36. The molecular formula is C21H29F3N2O5. The molecule has 31 heavy (non-hydrogen) atoms. The number of aryl methyl sites for hydroxylation is 1. The summed E-state index contributed by atoms with van der Waals surface area (Å²) in [6.07, 6.45) is -2.50. The second-order valence-electron chi connectivity index (χ2n) is 8.38. The lowest BCUT2D eigenvalue weighted by molar-refractivity contribution is -0.203. The van der Waals surface area contributed by atoms with Gasteiger partial charge in [-0.05, 0) is 31.4 Å². The monoisotopic (exact) mass is 446 g/mol. The summed E-state index contributed by atoms with van der Waals surface area (Å²) in [6.45, 7) is 8.81. The molecule has 1 amide bonds. The van der Waals surface area contributed by atoms with Gasteiger partial charge in [0.05, 0.1) is 31.5 Å². The first kappa shape index (κ1) is 25.1. The van der Waals surface area contributed by atoms with Crippen molar-refractivity contribution in [1.82, 2.24) is 9.88 Å². The number of alkyl halides is 3. The average Bonchev–Trinajstić information content (AvgIpc) is 2.64. The molecule has 0 bridgehead atoms. The Morgan fingerprint density at radius 3 is 2.55 bits per heavy atom. The lowest BCUT2D eigenvalue weighted by Crippen LogP contribution is -2.67. The minimum Gasteiger partial charge on any atom is -0.475 e. The van der Waals surface area contributed by atoms with Crippen molar-refractivity contribution in [1.29, 1.82) is 0 Å². The lowest BCUT2D eigenvalue weighted by atomic mass is 9.84. The molecule has 1 unspecified atom stereocenters. The van der Waals surface area contributed by atoms with Crippen LogP contribution in [0.5, 0.6) is 0 Å². The molecule has 0 aliphatic carbocycles. The molecule has 3 heterocycles. The van der Waals surface area contributed by atoms with Crippen molar-refractivity contribution in [2.75, 3.05) is 19.7 Å². The minimum absolute atomic E-state index is 0.184. The third kappa shape index (κ3) is 7.77. The normalized spacial score (nSPS) is 20.1. The van der Waals surface area contributed by atoms with E-state index in [1.165, 1.54) is 0 Å². The fraction of sp³-hybridized carbons (Fsp3) is 0.667. The van der Waals surface area contributed by atoms with Gasteiger partial charge >= 0.3 is 12.1 Å². The first-order valence-electron chi connectivity index (χ1n) is 10.2. The highest BCUT2D eigenvalue weighted by molar-refractivity contribution is 5.77. The van der Waals surface area contributed by atoms with Gasteiger partial charge in [-0.15, -0.1) is 0 Å². The number of likely N-dealkylation sites (tertiary alicyclic amines) is 1. The Morgan fingerprint density at radius 2 is 2.00 bits per heavy atom. The van der Waals surface area contributed by atoms with Crippen LogP contribution in [0.4, 0.5) is 13.2 Å². The number of carbonyl (C=O) groups is 2. The van der Waals surface area contributed by atoms with E-state index in [-0.39, 0.29) is 17.6 Å². The molecule has 10 heteroatoms. The molecule has 2 aliphatic heterocycles. The van der Waals surface area contributed by atoms with Crippen LogP contribution in [0.1, 0.15) is 44.5 Å². The third-order valence-electron chi connectivity index (χ3n) is 5.00. The van der Waals surface area contributed by atoms with Gasteiger partial charge in [-0.1, -0.05) is 19.9 Å². The number of amides is 1. The Morgan fingerprint density at radius 1 is 1.35 bits per heavy atom.